The Bertz CT molecular complexity index is 597. The van der Waals surface area contributed by atoms with Gasteiger partial charge in [0.15, 0.2) is 0 Å². The maximum atomic E-state index is 11.8. The molecule has 0 spiro atoms. The topological polar surface area (TPSA) is 72.5 Å². The highest BCUT2D eigenvalue weighted by Crippen LogP contribution is 2.10. The van der Waals surface area contributed by atoms with Crippen molar-refractivity contribution < 1.29 is 14.3 Å². The molecule has 0 fully saturated rings. The molecule has 2 rings (SSSR count). The number of nitrogens with zero attached hydrogens (tertiary/aromatic N) is 1. The fourth-order valence-electron chi connectivity index (χ4n) is 1.85. The Hall–Kier alpha value is -2.60. The van der Waals surface area contributed by atoms with Crippen LogP contribution < -0.4 is 15.4 Å². The number of methoxy groups -OCH3 is 2. The van der Waals surface area contributed by atoms with Gasteiger partial charge in [-0.1, -0.05) is 24.3 Å². The van der Waals surface area contributed by atoms with E-state index in [2.05, 4.69) is 15.6 Å². The van der Waals surface area contributed by atoms with E-state index in [4.69, 9.17) is 9.47 Å². The van der Waals surface area contributed by atoms with Gasteiger partial charge in [-0.25, -0.2) is 9.78 Å². The number of carbonyl (C=O) groups excluding carboxylic acids is 1. The summed E-state index contributed by atoms with van der Waals surface area (Å²) in [6.07, 6.45) is 1.54. The van der Waals surface area contributed by atoms with Crippen molar-refractivity contribution in [2.75, 3.05) is 19.5 Å². The third-order valence-corrected chi connectivity index (χ3v) is 2.99. The Labute approximate surface area is 129 Å². The summed E-state index contributed by atoms with van der Waals surface area (Å²) >= 11 is 0. The molecular formula is C16H19N3O3. The first kappa shape index (κ1) is 15.8. The van der Waals surface area contributed by atoms with Crippen LogP contribution in [0.15, 0.2) is 42.6 Å². The molecule has 0 saturated carbocycles. The summed E-state index contributed by atoms with van der Waals surface area (Å²) in [5, 5.41) is 5.49. The second kappa shape index (κ2) is 7.99. The normalized spacial score (nSPS) is 10.1. The average Bonchev–Trinajstić information content (AvgIpc) is 2.55. The Morgan fingerprint density at radius 3 is 2.41 bits per heavy atom. The SMILES string of the molecule is COCc1ccc(CNC(=O)Nc2ccc(OC)nc2)cc1. The van der Waals surface area contributed by atoms with Crippen molar-refractivity contribution in [2.45, 2.75) is 13.2 Å². The molecule has 0 aliphatic heterocycles. The number of ether oxygens (including phenoxy) is 2. The predicted octanol–water partition coefficient (Wildman–Crippen LogP) is 2.56. The summed E-state index contributed by atoms with van der Waals surface area (Å²) in [5.41, 5.74) is 2.72. The summed E-state index contributed by atoms with van der Waals surface area (Å²) in [6.45, 7) is 1.03. The summed E-state index contributed by atoms with van der Waals surface area (Å²) in [4.78, 5) is 15.8. The maximum absolute atomic E-state index is 11.8. The number of rotatable bonds is 6. The number of urea groups is 1. The van der Waals surface area contributed by atoms with Crippen LogP contribution in [0.4, 0.5) is 10.5 Å². The van der Waals surface area contributed by atoms with E-state index in [1.165, 1.54) is 6.20 Å². The molecule has 22 heavy (non-hydrogen) atoms. The number of amides is 2. The second-order valence-corrected chi connectivity index (χ2v) is 4.65. The fourth-order valence-corrected chi connectivity index (χ4v) is 1.85. The molecule has 0 aliphatic carbocycles. The van der Waals surface area contributed by atoms with Crippen LogP contribution >= 0.6 is 0 Å². The first-order chi connectivity index (χ1) is 10.7. The number of aromatic nitrogens is 1. The second-order valence-electron chi connectivity index (χ2n) is 4.65. The zero-order chi connectivity index (χ0) is 15.8. The van der Waals surface area contributed by atoms with E-state index in [-0.39, 0.29) is 6.03 Å². The van der Waals surface area contributed by atoms with Crippen molar-refractivity contribution in [3.8, 4) is 5.88 Å². The van der Waals surface area contributed by atoms with E-state index in [1.54, 1.807) is 26.4 Å². The summed E-state index contributed by atoms with van der Waals surface area (Å²) < 4.78 is 10.0. The molecule has 1 heterocycles. The van der Waals surface area contributed by atoms with Crippen LogP contribution in [0.5, 0.6) is 5.88 Å². The number of hydrogen-bond donors (Lipinski definition) is 2. The van der Waals surface area contributed by atoms with Gasteiger partial charge in [0.25, 0.3) is 0 Å². The van der Waals surface area contributed by atoms with E-state index in [0.717, 1.165) is 11.1 Å². The minimum atomic E-state index is -0.284. The standard InChI is InChI=1S/C16H19N3O3/c1-21-11-13-5-3-12(4-6-13)9-18-16(20)19-14-7-8-15(22-2)17-10-14/h3-8,10H,9,11H2,1-2H3,(H2,18,19,20). The Morgan fingerprint density at radius 2 is 1.82 bits per heavy atom. The molecule has 1 aromatic heterocycles. The number of hydrogen-bond acceptors (Lipinski definition) is 4. The van der Waals surface area contributed by atoms with E-state index >= 15 is 0 Å². The zero-order valence-corrected chi connectivity index (χ0v) is 12.6. The van der Waals surface area contributed by atoms with Gasteiger partial charge in [0.05, 0.1) is 25.6 Å². The van der Waals surface area contributed by atoms with E-state index in [9.17, 15) is 4.79 Å². The number of nitrogens with one attached hydrogen (secondary N) is 2. The van der Waals surface area contributed by atoms with E-state index in [0.29, 0.717) is 24.7 Å². The molecule has 0 aliphatic rings. The number of pyridine rings is 1. The highest BCUT2D eigenvalue weighted by Gasteiger charge is 2.03. The lowest BCUT2D eigenvalue weighted by Crippen LogP contribution is -2.28. The average molecular weight is 301 g/mol. The maximum Gasteiger partial charge on any atom is 0.319 e. The summed E-state index contributed by atoms with van der Waals surface area (Å²) in [6, 6.07) is 11.0. The highest BCUT2D eigenvalue weighted by molar-refractivity contribution is 5.88. The van der Waals surface area contributed by atoms with E-state index < -0.39 is 0 Å². The number of anilines is 1. The van der Waals surface area contributed by atoms with Gasteiger partial charge in [-0.15, -0.1) is 0 Å². The van der Waals surface area contributed by atoms with Crippen molar-refractivity contribution in [3.05, 3.63) is 53.7 Å². The molecule has 2 amide bonds. The van der Waals surface area contributed by atoms with Gasteiger partial charge in [-0.05, 0) is 17.2 Å². The van der Waals surface area contributed by atoms with Crippen LogP contribution in [0, 0.1) is 0 Å². The van der Waals surface area contributed by atoms with Crippen molar-refractivity contribution in [2.24, 2.45) is 0 Å². The molecule has 0 radical (unpaired) electrons. The van der Waals surface area contributed by atoms with Gasteiger partial charge < -0.3 is 20.1 Å². The first-order valence-corrected chi connectivity index (χ1v) is 6.83. The smallest absolute Gasteiger partial charge is 0.319 e. The van der Waals surface area contributed by atoms with Crippen LogP contribution in [0.3, 0.4) is 0 Å². The number of benzene rings is 1. The van der Waals surface area contributed by atoms with Crippen molar-refractivity contribution in [1.82, 2.24) is 10.3 Å². The van der Waals surface area contributed by atoms with Crippen LogP contribution in [0.2, 0.25) is 0 Å². The van der Waals surface area contributed by atoms with Gasteiger partial charge in [0.1, 0.15) is 0 Å². The van der Waals surface area contributed by atoms with Crippen LogP contribution in [-0.4, -0.2) is 25.2 Å². The van der Waals surface area contributed by atoms with Crippen molar-refractivity contribution in [1.29, 1.82) is 0 Å². The molecule has 0 atom stereocenters. The van der Waals surface area contributed by atoms with Crippen LogP contribution in [-0.2, 0) is 17.9 Å². The predicted molar refractivity (Wildman–Crippen MR) is 83.8 cm³/mol. The fraction of sp³-hybridized carbons (Fsp3) is 0.250. The van der Waals surface area contributed by atoms with Gasteiger partial charge in [-0.2, -0.15) is 0 Å². The Balaban J connectivity index is 1.81. The third kappa shape index (κ3) is 4.75. The molecule has 0 bridgehead atoms. The summed E-state index contributed by atoms with van der Waals surface area (Å²) in [5.74, 6) is 0.502. The Kier molecular flexibility index (Phi) is 5.73. The molecule has 1 aromatic carbocycles. The molecule has 2 N–H and O–H groups in total. The Morgan fingerprint density at radius 1 is 1.09 bits per heavy atom. The quantitative estimate of drug-likeness (QED) is 0.860. The van der Waals surface area contributed by atoms with Crippen molar-refractivity contribution >= 4 is 11.7 Å². The van der Waals surface area contributed by atoms with Crippen LogP contribution in [0.1, 0.15) is 11.1 Å². The zero-order valence-electron chi connectivity index (χ0n) is 12.6. The van der Waals surface area contributed by atoms with Gasteiger partial charge in [0, 0.05) is 19.7 Å². The molecule has 6 nitrogen and oxygen atoms in total. The molecule has 2 aromatic rings. The van der Waals surface area contributed by atoms with Gasteiger partial charge in [0.2, 0.25) is 5.88 Å². The third-order valence-electron chi connectivity index (χ3n) is 2.99. The largest absolute Gasteiger partial charge is 0.481 e. The first-order valence-electron chi connectivity index (χ1n) is 6.83. The number of carbonyl (C=O) groups is 1. The molecular weight excluding hydrogens is 282 g/mol. The summed E-state index contributed by atoms with van der Waals surface area (Å²) in [7, 11) is 3.20. The lowest BCUT2D eigenvalue weighted by atomic mass is 10.1. The monoisotopic (exact) mass is 301 g/mol. The minimum absolute atomic E-state index is 0.284. The molecule has 116 valence electrons. The van der Waals surface area contributed by atoms with Gasteiger partial charge in [-0.3, -0.25) is 0 Å². The van der Waals surface area contributed by atoms with Crippen molar-refractivity contribution in [3.63, 3.8) is 0 Å². The van der Waals surface area contributed by atoms with Gasteiger partial charge >= 0.3 is 6.03 Å². The lowest BCUT2D eigenvalue weighted by molar-refractivity contribution is 0.185. The van der Waals surface area contributed by atoms with E-state index in [1.807, 2.05) is 24.3 Å². The highest BCUT2D eigenvalue weighted by atomic mass is 16.5. The molecule has 0 unspecified atom stereocenters. The lowest BCUT2D eigenvalue weighted by Gasteiger charge is -2.08. The van der Waals surface area contributed by atoms with Crippen LogP contribution in [0.25, 0.3) is 0 Å². The minimum Gasteiger partial charge on any atom is -0.481 e. The molecule has 0 saturated heterocycles. The molecule has 6 heteroatoms.